The highest BCUT2D eigenvalue weighted by atomic mass is 16.6. The van der Waals surface area contributed by atoms with Crippen molar-refractivity contribution in [2.75, 3.05) is 13.7 Å². The number of allylic oxidation sites excluding steroid dienone is 2. The van der Waals surface area contributed by atoms with Gasteiger partial charge in [0.25, 0.3) is 0 Å². The van der Waals surface area contributed by atoms with Gasteiger partial charge in [0, 0.05) is 11.8 Å². The molecule has 1 aliphatic carbocycles. The molecular weight excluding hydrogens is 622 g/mol. The molecule has 6 rings (SSSR count). The highest BCUT2D eigenvalue weighted by molar-refractivity contribution is 5.91. The molecule has 0 unspecified atom stereocenters. The molecule has 10 heteroatoms. The molecule has 0 radical (unpaired) electrons. The number of nitrogens with zero attached hydrogens (tertiary/aromatic N) is 2. The number of hydrogen-bond acceptors (Lipinski definition) is 8. The number of aromatic nitrogens is 1. The van der Waals surface area contributed by atoms with Crippen LogP contribution in [0.2, 0.25) is 0 Å². The summed E-state index contributed by atoms with van der Waals surface area (Å²) in [5, 5.41) is 3.74. The first-order valence-corrected chi connectivity index (χ1v) is 17.4. The summed E-state index contributed by atoms with van der Waals surface area (Å²) in [5.74, 6) is 0.388. The highest BCUT2D eigenvalue weighted by Gasteiger charge is 2.47. The minimum atomic E-state index is -0.945. The topological polar surface area (TPSA) is 116 Å². The number of para-hydroxylation sites is 1. The molecule has 3 aliphatic rings. The summed E-state index contributed by atoms with van der Waals surface area (Å²) < 4.78 is 24.3. The van der Waals surface area contributed by atoms with E-state index in [4.69, 9.17) is 23.9 Å². The number of benzene rings is 2. The number of alkyl carbamates (subject to hydrolysis) is 1. The maximum Gasteiger partial charge on any atom is 0.408 e. The summed E-state index contributed by atoms with van der Waals surface area (Å²) in [4.78, 5) is 47.1. The van der Waals surface area contributed by atoms with Crippen molar-refractivity contribution in [2.45, 2.75) is 96.6 Å². The van der Waals surface area contributed by atoms with Crippen LogP contribution in [-0.2, 0) is 32.1 Å². The summed E-state index contributed by atoms with van der Waals surface area (Å²) >= 11 is 0. The first kappa shape index (κ1) is 34.3. The number of hydrogen-bond donors (Lipinski definition) is 1. The molecule has 2 aliphatic heterocycles. The van der Waals surface area contributed by atoms with Crippen molar-refractivity contribution < 1.29 is 33.3 Å². The fourth-order valence-corrected chi connectivity index (χ4v) is 7.24. The van der Waals surface area contributed by atoms with Crippen molar-refractivity contribution in [1.82, 2.24) is 15.2 Å². The summed E-state index contributed by atoms with van der Waals surface area (Å²) in [6.45, 7) is 6.12. The Hall–Kier alpha value is -4.60. The maximum absolute atomic E-state index is 14.3. The van der Waals surface area contributed by atoms with Crippen LogP contribution in [0.25, 0.3) is 10.9 Å². The van der Waals surface area contributed by atoms with Crippen molar-refractivity contribution >= 4 is 28.9 Å². The monoisotopic (exact) mass is 669 g/mol. The maximum atomic E-state index is 14.3. The molecule has 1 aromatic heterocycles. The number of carbonyl (C=O) groups is 3. The Morgan fingerprint density at radius 2 is 1.78 bits per heavy atom. The lowest BCUT2D eigenvalue weighted by Gasteiger charge is -2.35. The zero-order valence-electron chi connectivity index (χ0n) is 28.9. The van der Waals surface area contributed by atoms with Crippen molar-refractivity contribution in [1.29, 1.82) is 0 Å². The second-order valence-electron chi connectivity index (χ2n) is 14.4. The molecule has 2 aromatic carbocycles. The van der Waals surface area contributed by atoms with Gasteiger partial charge >= 0.3 is 12.1 Å². The molecule has 3 aromatic rings. The van der Waals surface area contributed by atoms with Gasteiger partial charge in [0.2, 0.25) is 11.8 Å². The number of rotatable bonds is 4. The van der Waals surface area contributed by atoms with Crippen LogP contribution in [-0.4, -0.2) is 65.8 Å². The van der Waals surface area contributed by atoms with Gasteiger partial charge in [-0.3, -0.25) is 4.79 Å². The van der Waals surface area contributed by atoms with E-state index in [9.17, 15) is 14.4 Å². The Balaban J connectivity index is 1.41. The average Bonchev–Trinajstić information content (AvgIpc) is 3.72. The average molecular weight is 670 g/mol. The van der Waals surface area contributed by atoms with Gasteiger partial charge in [0.05, 0.1) is 24.7 Å². The van der Waals surface area contributed by atoms with Gasteiger partial charge in [-0.05, 0) is 67.6 Å². The smallest absolute Gasteiger partial charge is 0.408 e. The predicted octanol–water partition coefficient (Wildman–Crippen LogP) is 6.54. The van der Waals surface area contributed by atoms with Crippen LogP contribution in [0.15, 0.2) is 66.7 Å². The number of amides is 2. The molecule has 2 fully saturated rings. The third-order valence-corrected chi connectivity index (χ3v) is 9.84. The first-order chi connectivity index (χ1) is 23.6. The number of nitrogens with one attached hydrogen (secondary N) is 1. The van der Waals surface area contributed by atoms with Crippen LogP contribution in [0, 0.1) is 11.3 Å². The van der Waals surface area contributed by atoms with Crippen molar-refractivity contribution in [3.8, 4) is 11.6 Å². The molecular formula is C39H47N3O7. The van der Waals surface area contributed by atoms with Crippen molar-refractivity contribution in [2.24, 2.45) is 11.3 Å². The number of ether oxygens (including phenoxy) is 4. The number of pyridine rings is 1. The van der Waals surface area contributed by atoms with Crippen LogP contribution >= 0.6 is 0 Å². The van der Waals surface area contributed by atoms with Crippen LogP contribution in [0.4, 0.5) is 4.79 Å². The van der Waals surface area contributed by atoms with Gasteiger partial charge in [-0.2, -0.15) is 0 Å². The SMILES string of the molecule is COC(=O)[C@@H]1C[C@@H]2CN1C(=O)[C@H](C(C)(C)C)NC(=O)O[C@@H]1CCC[C@H]1CC/C=C\Cc1c(nc3ccccc3c1OCc1ccccc1)O2. The number of fused-ring (bicyclic) bond motifs is 5. The van der Waals surface area contributed by atoms with Gasteiger partial charge in [-0.25, -0.2) is 14.6 Å². The van der Waals surface area contributed by atoms with E-state index in [0.717, 1.165) is 48.6 Å². The number of carbonyl (C=O) groups excluding carboxylic acids is 3. The van der Waals surface area contributed by atoms with Gasteiger partial charge in [-0.1, -0.05) is 75.4 Å². The fraction of sp³-hybridized carbons (Fsp3) is 0.487. The van der Waals surface area contributed by atoms with Gasteiger partial charge in [0.15, 0.2) is 0 Å². The second-order valence-corrected chi connectivity index (χ2v) is 14.4. The molecule has 3 heterocycles. The van der Waals surface area contributed by atoms with Gasteiger partial charge < -0.3 is 29.2 Å². The van der Waals surface area contributed by atoms with Crippen LogP contribution in [0.5, 0.6) is 11.6 Å². The Bertz CT molecular complexity index is 1690. The Kier molecular flexibility index (Phi) is 10.4. The summed E-state index contributed by atoms with van der Waals surface area (Å²) in [6.07, 6.45) is 8.04. The van der Waals surface area contributed by atoms with Crippen LogP contribution < -0.4 is 14.8 Å². The van der Waals surface area contributed by atoms with E-state index in [1.54, 1.807) is 0 Å². The molecule has 2 bridgehead atoms. The Morgan fingerprint density at radius 1 is 1.00 bits per heavy atom. The van der Waals surface area contributed by atoms with E-state index >= 15 is 0 Å². The normalized spacial score (nSPS) is 25.6. The molecule has 1 N–H and O–H groups in total. The molecule has 0 spiro atoms. The zero-order chi connectivity index (χ0) is 34.5. The lowest BCUT2D eigenvalue weighted by molar-refractivity contribution is -0.152. The molecule has 49 heavy (non-hydrogen) atoms. The molecule has 2 amide bonds. The quantitative estimate of drug-likeness (QED) is 0.246. The van der Waals surface area contributed by atoms with Crippen molar-refractivity contribution in [3.05, 3.63) is 77.9 Å². The molecule has 1 saturated carbocycles. The van der Waals surface area contributed by atoms with Gasteiger partial charge in [-0.15, -0.1) is 0 Å². The molecule has 1 saturated heterocycles. The minimum absolute atomic E-state index is 0.108. The van der Waals surface area contributed by atoms with E-state index < -0.39 is 41.6 Å². The highest BCUT2D eigenvalue weighted by Crippen LogP contribution is 2.38. The number of esters is 1. The summed E-state index contributed by atoms with van der Waals surface area (Å²) in [6, 6.07) is 16.0. The second kappa shape index (κ2) is 14.9. The van der Waals surface area contributed by atoms with Crippen LogP contribution in [0.3, 0.4) is 0 Å². The van der Waals surface area contributed by atoms with E-state index in [-0.39, 0.29) is 25.0 Å². The zero-order valence-corrected chi connectivity index (χ0v) is 28.9. The van der Waals surface area contributed by atoms with E-state index in [1.807, 2.05) is 75.4 Å². The van der Waals surface area contributed by atoms with Gasteiger partial charge in [0.1, 0.15) is 36.6 Å². The van der Waals surface area contributed by atoms with E-state index in [0.29, 0.717) is 30.2 Å². The predicted molar refractivity (Wildman–Crippen MR) is 185 cm³/mol. The molecule has 5 atom stereocenters. The minimum Gasteiger partial charge on any atom is -0.488 e. The van der Waals surface area contributed by atoms with E-state index in [1.165, 1.54) is 12.0 Å². The third-order valence-electron chi connectivity index (χ3n) is 9.84. The standard InChI is InChI=1S/C39H47N3O7/c1-39(2,3)34-36(43)42-23-27(22-31(42)37(44)46-4)48-35-29(19-10-6-9-16-26-17-13-21-32(26)49-38(45)41-34)33(28-18-11-12-20-30(28)40-35)47-24-25-14-7-5-8-15-25/h5-8,10-12,14-15,18,20,26-27,31-32,34H,9,13,16-17,19,21-24H2,1-4H3,(H,41,45)/b10-6-/t26-,27-,31+,32-,34-/m1/s1. The fourth-order valence-electron chi connectivity index (χ4n) is 7.24. The number of methoxy groups -OCH3 is 1. The lowest BCUT2D eigenvalue weighted by atomic mass is 9.85. The largest absolute Gasteiger partial charge is 0.488 e. The van der Waals surface area contributed by atoms with Crippen LogP contribution in [0.1, 0.15) is 70.4 Å². The summed E-state index contributed by atoms with van der Waals surface area (Å²) in [7, 11) is 1.31. The summed E-state index contributed by atoms with van der Waals surface area (Å²) in [5.41, 5.74) is 1.88. The molecule has 260 valence electrons. The molecule has 10 nitrogen and oxygen atoms in total. The van der Waals surface area contributed by atoms with E-state index in [2.05, 4.69) is 17.5 Å². The Labute approximate surface area is 288 Å². The Morgan fingerprint density at radius 3 is 2.55 bits per heavy atom. The lowest BCUT2D eigenvalue weighted by Crippen LogP contribution is -2.57. The third kappa shape index (κ3) is 7.84. The first-order valence-electron chi connectivity index (χ1n) is 17.4. The van der Waals surface area contributed by atoms with Crippen molar-refractivity contribution in [3.63, 3.8) is 0 Å².